The van der Waals surface area contributed by atoms with Crippen LogP contribution in [0.4, 0.5) is 5.95 Å². The first-order chi connectivity index (χ1) is 19.6. The van der Waals surface area contributed by atoms with Crippen LogP contribution < -0.4 is 20.5 Å². The highest BCUT2D eigenvalue weighted by Gasteiger charge is 2.29. The van der Waals surface area contributed by atoms with Gasteiger partial charge in [-0.25, -0.2) is 4.98 Å². The van der Waals surface area contributed by atoms with Crippen molar-refractivity contribution < 1.29 is 24.1 Å². The van der Waals surface area contributed by atoms with Crippen molar-refractivity contribution in [1.29, 1.82) is 0 Å². The van der Waals surface area contributed by atoms with Crippen LogP contribution in [0.5, 0.6) is 11.5 Å². The summed E-state index contributed by atoms with van der Waals surface area (Å²) in [4.78, 5) is 18.6. The number of para-hydroxylation sites is 2. The van der Waals surface area contributed by atoms with Crippen molar-refractivity contribution in [2.75, 3.05) is 44.8 Å². The van der Waals surface area contributed by atoms with E-state index < -0.39 is 0 Å². The number of nitrogens with zero attached hydrogens (tertiary/aromatic N) is 3. The molecule has 1 aromatic heterocycles. The Hall–Kier alpha value is -3.34. The third-order valence-corrected chi connectivity index (χ3v) is 7.80. The first kappa shape index (κ1) is 28.2. The van der Waals surface area contributed by atoms with Gasteiger partial charge >= 0.3 is 0 Å². The van der Waals surface area contributed by atoms with Gasteiger partial charge in [0.05, 0.1) is 37.0 Å². The topological polar surface area (TPSA) is 124 Å². The number of rotatable bonds is 13. The van der Waals surface area contributed by atoms with Crippen LogP contribution in [-0.4, -0.2) is 71.0 Å². The van der Waals surface area contributed by atoms with Crippen LogP contribution in [0.15, 0.2) is 42.5 Å². The molecule has 0 unspecified atom stereocenters. The number of likely N-dealkylation sites (tertiary alicyclic amines) is 1. The SMILES string of the molecule is CCOc1ccc(CNc2nc3ccccc3n2[C@H]2CC[C@@H](CO)O2)cc1OCCCN1CCC(C(N)=O)CC1. The Balaban J connectivity index is 1.21. The van der Waals surface area contributed by atoms with Gasteiger partial charge in [-0.05, 0) is 81.9 Å². The van der Waals surface area contributed by atoms with Crippen molar-refractivity contribution in [2.45, 2.75) is 57.9 Å². The second-order valence-corrected chi connectivity index (χ2v) is 10.6. The molecule has 40 heavy (non-hydrogen) atoms. The zero-order valence-electron chi connectivity index (χ0n) is 23.3. The van der Waals surface area contributed by atoms with Crippen LogP contribution >= 0.6 is 0 Å². The number of aliphatic hydroxyl groups excluding tert-OH is 1. The predicted molar refractivity (Wildman–Crippen MR) is 153 cm³/mol. The molecule has 216 valence electrons. The van der Waals surface area contributed by atoms with Gasteiger partial charge in [0, 0.05) is 19.0 Å². The number of hydrogen-bond acceptors (Lipinski definition) is 8. The molecule has 2 saturated heterocycles. The van der Waals surface area contributed by atoms with Gasteiger partial charge in [0.2, 0.25) is 11.9 Å². The molecule has 2 fully saturated rings. The molecule has 3 heterocycles. The van der Waals surface area contributed by atoms with Crippen LogP contribution in [0.3, 0.4) is 0 Å². The second kappa shape index (κ2) is 13.3. The maximum atomic E-state index is 11.4. The number of aliphatic hydroxyl groups is 1. The highest BCUT2D eigenvalue weighted by molar-refractivity contribution is 5.79. The Bertz CT molecular complexity index is 1270. The minimum absolute atomic E-state index is 0.0113. The summed E-state index contributed by atoms with van der Waals surface area (Å²) >= 11 is 0. The Morgan fingerprint density at radius 1 is 1.12 bits per heavy atom. The molecule has 2 aliphatic rings. The van der Waals surface area contributed by atoms with Gasteiger partial charge in [0.1, 0.15) is 6.23 Å². The number of anilines is 1. The van der Waals surface area contributed by atoms with E-state index in [9.17, 15) is 9.90 Å². The lowest BCUT2D eigenvalue weighted by molar-refractivity contribution is -0.123. The smallest absolute Gasteiger partial charge is 0.220 e. The Labute approximate surface area is 235 Å². The predicted octanol–water partition coefficient (Wildman–Crippen LogP) is 3.68. The number of nitrogens with two attached hydrogens (primary N) is 1. The van der Waals surface area contributed by atoms with Crippen molar-refractivity contribution in [3.05, 3.63) is 48.0 Å². The molecule has 5 rings (SSSR count). The van der Waals surface area contributed by atoms with Gasteiger partial charge in [-0.3, -0.25) is 9.36 Å². The van der Waals surface area contributed by atoms with Crippen molar-refractivity contribution in [3.63, 3.8) is 0 Å². The maximum absolute atomic E-state index is 11.4. The van der Waals surface area contributed by atoms with Gasteiger partial charge in [0.25, 0.3) is 0 Å². The molecule has 2 atom stereocenters. The van der Waals surface area contributed by atoms with E-state index in [0.29, 0.717) is 19.8 Å². The van der Waals surface area contributed by atoms with Crippen LogP contribution in [0.2, 0.25) is 0 Å². The third-order valence-electron chi connectivity index (χ3n) is 7.80. The summed E-state index contributed by atoms with van der Waals surface area (Å²) in [5.74, 6) is 2.03. The monoisotopic (exact) mass is 551 g/mol. The number of carbonyl (C=O) groups is 1. The number of primary amides is 1. The summed E-state index contributed by atoms with van der Waals surface area (Å²) < 4.78 is 20.2. The van der Waals surface area contributed by atoms with Crippen molar-refractivity contribution in [3.8, 4) is 11.5 Å². The fraction of sp³-hybridized carbons (Fsp3) is 0.533. The third kappa shape index (κ3) is 6.68. The summed E-state index contributed by atoms with van der Waals surface area (Å²) in [7, 11) is 0. The van der Waals surface area contributed by atoms with Crippen molar-refractivity contribution in [1.82, 2.24) is 14.5 Å². The number of amides is 1. The number of piperidine rings is 1. The summed E-state index contributed by atoms with van der Waals surface area (Å²) in [6, 6.07) is 14.0. The standard InChI is InChI=1S/C30H41N5O5/c1-2-38-26-10-8-21(18-27(26)39-17-5-14-34-15-12-22(13-16-34)29(31)37)19-32-30-33-24-6-3-4-7-25(24)35(30)28-11-9-23(20-36)40-28/h3-4,6-8,10,18,22-23,28,36H,2,5,9,11-17,19-20H2,1H3,(H2,31,37)(H,32,33)/t23-,28+/m0/s1. The number of hydrogen-bond donors (Lipinski definition) is 3. The zero-order chi connectivity index (χ0) is 27.9. The molecule has 10 heteroatoms. The van der Waals surface area contributed by atoms with Crippen molar-refractivity contribution >= 4 is 22.9 Å². The van der Waals surface area contributed by atoms with Gasteiger partial charge < -0.3 is 35.3 Å². The highest BCUT2D eigenvalue weighted by atomic mass is 16.5. The lowest BCUT2D eigenvalue weighted by Crippen LogP contribution is -2.39. The number of imidazole rings is 1. The second-order valence-electron chi connectivity index (χ2n) is 10.6. The first-order valence-corrected chi connectivity index (χ1v) is 14.4. The molecule has 4 N–H and O–H groups in total. The van der Waals surface area contributed by atoms with Crippen LogP contribution in [0.25, 0.3) is 11.0 Å². The molecule has 2 aromatic carbocycles. The lowest BCUT2D eigenvalue weighted by atomic mass is 9.96. The first-order valence-electron chi connectivity index (χ1n) is 14.4. The maximum Gasteiger partial charge on any atom is 0.220 e. The number of carbonyl (C=O) groups excluding carboxylic acids is 1. The van der Waals surface area contributed by atoms with E-state index in [1.807, 2.05) is 49.4 Å². The quantitative estimate of drug-likeness (QED) is 0.275. The lowest BCUT2D eigenvalue weighted by Gasteiger charge is -2.30. The van der Waals surface area contributed by atoms with E-state index in [4.69, 9.17) is 24.9 Å². The zero-order valence-corrected chi connectivity index (χ0v) is 23.3. The molecule has 0 radical (unpaired) electrons. The van der Waals surface area contributed by atoms with Crippen molar-refractivity contribution in [2.24, 2.45) is 11.7 Å². The number of benzene rings is 2. The van der Waals surface area contributed by atoms with Crippen LogP contribution in [0, 0.1) is 5.92 Å². The summed E-state index contributed by atoms with van der Waals surface area (Å²) in [5, 5.41) is 13.1. The van der Waals surface area contributed by atoms with Gasteiger partial charge in [-0.15, -0.1) is 0 Å². The minimum atomic E-state index is -0.180. The molecule has 2 aliphatic heterocycles. The molecule has 10 nitrogen and oxygen atoms in total. The van der Waals surface area contributed by atoms with E-state index in [1.165, 1.54) is 0 Å². The molecule has 0 bridgehead atoms. The number of nitrogens with one attached hydrogen (secondary N) is 1. The molecule has 0 spiro atoms. The summed E-state index contributed by atoms with van der Waals surface area (Å²) in [6.45, 7) is 6.40. The number of aromatic nitrogens is 2. The number of fused-ring (bicyclic) bond motifs is 1. The van der Waals surface area contributed by atoms with E-state index >= 15 is 0 Å². The van der Waals surface area contributed by atoms with Gasteiger partial charge in [-0.2, -0.15) is 0 Å². The fourth-order valence-electron chi connectivity index (χ4n) is 5.61. The normalized spacial score (nSPS) is 20.1. The average Bonchev–Trinajstić information content (AvgIpc) is 3.59. The van der Waals surface area contributed by atoms with E-state index in [1.54, 1.807) is 0 Å². The van der Waals surface area contributed by atoms with Gasteiger partial charge in [0.15, 0.2) is 11.5 Å². The highest BCUT2D eigenvalue weighted by Crippen LogP contribution is 2.35. The van der Waals surface area contributed by atoms with E-state index in [-0.39, 0.29) is 30.8 Å². The Morgan fingerprint density at radius 3 is 2.70 bits per heavy atom. The molecule has 0 saturated carbocycles. The minimum Gasteiger partial charge on any atom is -0.490 e. The molecule has 1 amide bonds. The van der Waals surface area contributed by atoms with Gasteiger partial charge in [-0.1, -0.05) is 18.2 Å². The van der Waals surface area contributed by atoms with Crippen LogP contribution in [0.1, 0.15) is 50.8 Å². The van der Waals surface area contributed by atoms with E-state index in [0.717, 1.165) is 85.8 Å². The Kier molecular flexibility index (Phi) is 9.41. The van der Waals surface area contributed by atoms with E-state index in [2.05, 4.69) is 14.8 Å². The number of ether oxygens (including phenoxy) is 3. The summed E-state index contributed by atoms with van der Waals surface area (Å²) in [5.41, 5.74) is 8.40. The van der Waals surface area contributed by atoms with Crippen LogP contribution in [-0.2, 0) is 16.1 Å². The molecule has 3 aromatic rings. The Morgan fingerprint density at radius 2 is 1.95 bits per heavy atom. The molecule has 0 aliphatic carbocycles. The largest absolute Gasteiger partial charge is 0.490 e. The summed E-state index contributed by atoms with van der Waals surface area (Å²) in [6.07, 6.45) is 3.88. The molecular formula is C30H41N5O5. The molecular weight excluding hydrogens is 510 g/mol. The fourth-order valence-corrected chi connectivity index (χ4v) is 5.61. The average molecular weight is 552 g/mol.